The molecule has 0 aliphatic carbocycles. The normalized spacial score (nSPS) is 17.1. The van der Waals surface area contributed by atoms with Crippen LogP contribution in [0.25, 0.3) is 0 Å². The van der Waals surface area contributed by atoms with Crippen molar-refractivity contribution >= 4 is 16.0 Å². The first-order chi connectivity index (χ1) is 15.1. The van der Waals surface area contributed by atoms with Gasteiger partial charge < -0.3 is 15.0 Å². The van der Waals surface area contributed by atoms with Gasteiger partial charge in [0, 0.05) is 32.1 Å². The second-order valence-corrected chi connectivity index (χ2v) is 9.31. The summed E-state index contributed by atoms with van der Waals surface area (Å²) in [6.45, 7) is 6.58. The minimum absolute atomic E-state index is 0.254. The highest BCUT2D eigenvalue weighted by molar-refractivity contribution is 7.89. The van der Waals surface area contributed by atoms with E-state index in [1.807, 2.05) is 25.1 Å². The van der Waals surface area contributed by atoms with Gasteiger partial charge >= 0.3 is 0 Å². The minimum atomic E-state index is -3.50. The maximum absolute atomic E-state index is 12.3. The Bertz CT molecular complexity index is 920. The molecule has 1 fully saturated rings. The molecule has 0 amide bonds. The van der Waals surface area contributed by atoms with E-state index in [1.54, 1.807) is 30.3 Å². The first kappa shape index (κ1) is 23.2. The Balaban J connectivity index is 1.44. The fraction of sp³-hybridized carbons (Fsp3) is 0.435. The number of ether oxygens (including phenoxy) is 1. The summed E-state index contributed by atoms with van der Waals surface area (Å²) in [4.78, 5) is 7.11. The molecule has 0 radical (unpaired) electrons. The van der Waals surface area contributed by atoms with E-state index in [0.717, 1.165) is 38.6 Å². The van der Waals surface area contributed by atoms with Crippen LogP contribution in [0, 0.1) is 5.92 Å². The molecule has 7 nitrogen and oxygen atoms in total. The summed E-state index contributed by atoms with van der Waals surface area (Å²) in [5, 5.41) is 3.31. The molecule has 2 N–H and O–H groups in total. The molecule has 8 heteroatoms. The van der Waals surface area contributed by atoms with E-state index in [4.69, 9.17) is 4.74 Å². The highest BCUT2D eigenvalue weighted by Gasteiger charge is 2.25. The van der Waals surface area contributed by atoms with Crippen LogP contribution in [0.5, 0.6) is 0 Å². The van der Waals surface area contributed by atoms with E-state index >= 15 is 0 Å². The second-order valence-electron chi connectivity index (χ2n) is 7.55. The van der Waals surface area contributed by atoms with Crippen LogP contribution in [0.2, 0.25) is 0 Å². The van der Waals surface area contributed by atoms with Crippen LogP contribution in [-0.2, 0) is 21.4 Å². The van der Waals surface area contributed by atoms with Crippen molar-refractivity contribution in [3.63, 3.8) is 0 Å². The SMILES string of the molecule is CCNC(=NCCNS(=O)(=O)c1ccccc1)N1CCC(COCc2ccccc2)C1. The molecule has 1 aliphatic heterocycles. The lowest BCUT2D eigenvalue weighted by Crippen LogP contribution is -2.40. The Morgan fingerprint density at radius 1 is 1.13 bits per heavy atom. The quantitative estimate of drug-likeness (QED) is 0.334. The number of benzene rings is 2. The summed E-state index contributed by atoms with van der Waals surface area (Å²) >= 11 is 0. The van der Waals surface area contributed by atoms with Crippen molar-refractivity contribution in [3.05, 3.63) is 66.2 Å². The Kier molecular flexibility index (Phi) is 8.87. The molecule has 0 spiro atoms. The van der Waals surface area contributed by atoms with Gasteiger partial charge in [-0.05, 0) is 31.0 Å². The van der Waals surface area contributed by atoms with Gasteiger partial charge in [-0.2, -0.15) is 0 Å². The molecule has 2 aromatic carbocycles. The molecule has 1 unspecified atom stereocenters. The first-order valence-electron chi connectivity index (χ1n) is 10.8. The van der Waals surface area contributed by atoms with E-state index in [1.165, 1.54) is 5.56 Å². The topological polar surface area (TPSA) is 83.0 Å². The van der Waals surface area contributed by atoms with E-state index in [9.17, 15) is 8.42 Å². The number of nitrogens with zero attached hydrogens (tertiary/aromatic N) is 2. The van der Waals surface area contributed by atoms with Crippen LogP contribution in [0.4, 0.5) is 0 Å². The van der Waals surface area contributed by atoms with Crippen LogP contribution < -0.4 is 10.0 Å². The van der Waals surface area contributed by atoms with E-state index in [-0.39, 0.29) is 11.4 Å². The third-order valence-electron chi connectivity index (χ3n) is 5.10. The van der Waals surface area contributed by atoms with Gasteiger partial charge in [0.15, 0.2) is 5.96 Å². The molecule has 0 saturated carbocycles. The lowest BCUT2D eigenvalue weighted by Gasteiger charge is -2.21. The van der Waals surface area contributed by atoms with Crippen molar-refractivity contribution in [2.24, 2.45) is 10.9 Å². The summed E-state index contributed by atoms with van der Waals surface area (Å²) in [6.07, 6.45) is 1.06. The fourth-order valence-electron chi connectivity index (χ4n) is 3.53. The minimum Gasteiger partial charge on any atom is -0.376 e. The largest absolute Gasteiger partial charge is 0.376 e. The van der Waals surface area contributed by atoms with Gasteiger partial charge in [-0.25, -0.2) is 13.1 Å². The molecule has 31 heavy (non-hydrogen) atoms. The molecule has 0 aromatic heterocycles. The Hall–Kier alpha value is -2.42. The van der Waals surface area contributed by atoms with Crippen molar-refractivity contribution in [1.82, 2.24) is 14.9 Å². The highest BCUT2D eigenvalue weighted by Crippen LogP contribution is 2.17. The molecule has 2 aromatic rings. The van der Waals surface area contributed by atoms with Crippen LogP contribution in [0.3, 0.4) is 0 Å². The average molecular weight is 445 g/mol. The van der Waals surface area contributed by atoms with Crippen LogP contribution in [-0.4, -0.2) is 58.6 Å². The van der Waals surface area contributed by atoms with Gasteiger partial charge in [-0.3, -0.25) is 4.99 Å². The number of hydrogen-bond acceptors (Lipinski definition) is 4. The van der Waals surface area contributed by atoms with Gasteiger partial charge in [0.1, 0.15) is 0 Å². The maximum Gasteiger partial charge on any atom is 0.240 e. The zero-order valence-electron chi connectivity index (χ0n) is 18.0. The number of sulfonamides is 1. The molecular weight excluding hydrogens is 412 g/mol. The second kappa shape index (κ2) is 11.8. The van der Waals surface area contributed by atoms with Gasteiger partial charge in [0.25, 0.3) is 0 Å². The Morgan fingerprint density at radius 3 is 2.55 bits per heavy atom. The number of hydrogen-bond donors (Lipinski definition) is 2. The first-order valence-corrected chi connectivity index (χ1v) is 12.3. The highest BCUT2D eigenvalue weighted by atomic mass is 32.2. The number of nitrogens with one attached hydrogen (secondary N) is 2. The Morgan fingerprint density at radius 2 is 1.84 bits per heavy atom. The zero-order valence-corrected chi connectivity index (χ0v) is 18.9. The monoisotopic (exact) mass is 444 g/mol. The molecule has 1 aliphatic rings. The number of likely N-dealkylation sites (tertiary alicyclic amines) is 1. The fourth-order valence-corrected chi connectivity index (χ4v) is 4.57. The molecule has 1 heterocycles. The van der Waals surface area contributed by atoms with Gasteiger partial charge in [0.05, 0.1) is 24.7 Å². The predicted octanol–water partition coefficient (Wildman–Crippen LogP) is 2.47. The van der Waals surface area contributed by atoms with Crippen molar-refractivity contribution in [2.75, 3.05) is 39.3 Å². The maximum atomic E-state index is 12.3. The molecule has 168 valence electrons. The summed E-state index contributed by atoms with van der Waals surface area (Å²) in [5.41, 5.74) is 1.19. The van der Waals surface area contributed by atoms with E-state index in [2.05, 4.69) is 32.1 Å². The number of aliphatic imine (C=N–C) groups is 1. The van der Waals surface area contributed by atoms with Gasteiger partial charge in [0.2, 0.25) is 10.0 Å². The third-order valence-corrected chi connectivity index (χ3v) is 6.58. The Labute approximate surface area is 185 Å². The van der Waals surface area contributed by atoms with Crippen molar-refractivity contribution in [1.29, 1.82) is 0 Å². The summed E-state index contributed by atoms with van der Waals surface area (Å²) in [6, 6.07) is 18.6. The van der Waals surface area contributed by atoms with E-state index < -0.39 is 10.0 Å². The average Bonchev–Trinajstić information content (AvgIpc) is 3.26. The predicted molar refractivity (Wildman–Crippen MR) is 123 cm³/mol. The van der Waals surface area contributed by atoms with Crippen LogP contribution in [0.1, 0.15) is 18.9 Å². The van der Waals surface area contributed by atoms with Crippen molar-refractivity contribution in [3.8, 4) is 0 Å². The smallest absolute Gasteiger partial charge is 0.240 e. The van der Waals surface area contributed by atoms with Crippen molar-refractivity contribution < 1.29 is 13.2 Å². The van der Waals surface area contributed by atoms with Crippen LogP contribution >= 0.6 is 0 Å². The summed E-state index contributed by atoms with van der Waals surface area (Å²) in [7, 11) is -3.50. The molecular formula is C23H32N4O3S. The molecule has 0 bridgehead atoms. The zero-order chi connectivity index (χ0) is 21.9. The lowest BCUT2D eigenvalue weighted by atomic mass is 10.1. The summed E-state index contributed by atoms with van der Waals surface area (Å²) in [5.74, 6) is 1.29. The molecule has 1 saturated heterocycles. The van der Waals surface area contributed by atoms with E-state index in [0.29, 0.717) is 19.1 Å². The summed E-state index contributed by atoms with van der Waals surface area (Å²) < 4.78 is 33.1. The lowest BCUT2D eigenvalue weighted by molar-refractivity contribution is 0.0907. The van der Waals surface area contributed by atoms with Crippen LogP contribution in [0.15, 0.2) is 70.6 Å². The standard InChI is InChI=1S/C23H32N4O3S/c1-2-24-23(25-14-15-26-31(28,29)22-11-7-4-8-12-22)27-16-13-21(17-27)19-30-18-20-9-5-3-6-10-20/h3-12,21,26H,2,13-19H2,1H3,(H,24,25). The van der Waals surface area contributed by atoms with Gasteiger partial charge in [-0.1, -0.05) is 48.5 Å². The molecule has 3 rings (SSSR count). The van der Waals surface area contributed by atoms with Crippen molar-refractivity contribution in [2.45, 2.75) is 24.8 Å². The molecule has 1 atom stereocenters. The third kappa shape index (κ3) is 7.34. The van der Waals surface area contributed by atoms with Gasteiger partial charge in [-0.15, -0.1) is 0 Å². The number of guanidine groups is 1. The number of rotatable bonds is 10.